The van der Waals surface area contributed by atoms with Gasteiger partial charge < -0.3 is 9.52 Å². The van der Waals surface area contributed by atoms with Gasteiger partial charge in [-0.05, 0) is 25.5 Å². The number of aliphatic carboxylic acids is 1. The van der Waals surface area contributed by atoms with Crippen LogP contribution in [0, 0.1) is 0 Å². The first-order chi connectivity index (χ1) is 7.60. The highest BCUT2D eigenvalue weighted by molar-refractivity contribution is 8.00. The summed E-state index contributed by atoms with van der Waals surface area (Å²) >= 11 is 1.82. The Balaban J connectivity index is 2.04. The highest BCUT2D eigenvalue weighted by atomic mass is 32.2. The van der Waals surface area contributed by atoms with E-state index in [9.17, 15) is 4.79 Å². The van der Waals surface area contributed by atoms with Gasteiger partial charge in [-0.25, -0.2) is 0 Å². The van der Waals surface area contributed by atoms with Gasteiger partial charge in [0.2, 0.25) is 11.8 Å². The molecular formula is C10H14N2O3S. The van der Waals surface area contributed by atoms with Crippen LogP contribution in [0.5, 0.6) is 0 Å². The lowest BCUT2D eigenvalue weighted by molar-refractivity contribution is -0.137. The number of carboxylic acids is 1. The highest BCUT2D eigenvalue weighted by Crippen LogP contribution is 2.45. The third kappa shape index (κ3) is 2.37. The molecule has 0 aliphatic carbocycles. The van der Waals surface area contributed by atoms with Gasteiger partial charge in [-0.15, -0.1) is 22.0 Å². The summed E-state index contributed by atoms with van der Waals surface area (Å²) in [6, 6.07) is 0. The summed E-state index contributed by atoms with van der Waals surface area (Å²) in [7, 11) is 0. The van der Waals surface area contributed by atoms with Gasteiger partial charge in [-0.3, -0.25) is 4.79 Å². The lowest BCUT2D eigenvalue weighted by Gasteiger charge is -2.16. The SMILES string of the molecule is CC1(c2nnc(CCC(=O)O)o2)CCCS1. The lowest BCUT2D eigenvalue weighted by Crippen LogP contribution is -2.13. The summed E-state index contributed by atoms with van der Waals surface area (Å²) < 4.78 is 5.44. The number of nitrogens with zero attached hydrogens (tertiary/aromatic N) is 2. The molecule has 1 saturated heterocycles. The summed E-state index contributed by atoms with van der Waals surface area (Å²) in [5.41, 5.74) is 0. The van der Waals surface area contributed by atoms with Crippen LogP contribution in [0.4, 0.5) is 0 Å². The standard InChI is InChI=1S/C10H14N2O3S/c1-10(5-2-6-16-10)9-12-11-7(15-9)3-4-8(13)14/h2-6H2,1H3,(H,13,14). The number of rotatable bonds is 4. The van der Waals surface area contributed by atoms with Crippen molar-refractivity contribution in [3.63, 3.8) is 0 Å². The Morgan fingerprint density at radius 3 is 3.06 bits per heavy atom. The average molecular weight is 242 g/mol. The number of thioether (sulfide) groups is 1. The predicted molar refractivity (Wildman–Crippen MR) is 59.3 cm³/mol. The molecule has 5 nitrogen and oxygen atoms in total. The number of hydrogen-bond donors (Lipinski definition) is 1. The Morgan fingerprint density at radius 1 is 1.62 bits per heavy atom. The quantitative estimate of drug-likeness (QED) is 0.868. The molecule has 0 amide bonds. The fraction of sp³-hybridized carbons (Fsp3) is 0.700. The largest absolute Gasteiger partial charge is 0.481 e. The second kappa shape index (κ2) is 4.45. The van der Waals surface area contributed by atoms with E-state index in [-0.39, 0.29) is 11.2 Å². The zero-order valence-corrected chi connectivity index (χ0v) is 9.92. The predicted octanol–water partition coefficient (Wildman–Crippen LogP) is 1.83. The minimum Gasteiger partial charge on any atom is -0.481 e. The molecule has 0 bridgehead atoms. The molecule has 6 heteroatoms. The van der Waals surface area contributed by atoms with E-state index in [1.165, 1.54) is 0 Å². The van der Waals surface area contributed by atoms with Crippen molar-refractivity contribution in [2.24, 2.45) is 0 Å². The number of hydrogen-bond acceptors (Lipinski definition) is 5. The summed E-state index contributed by atoms with van der Waals surface area (Å²) in [6.45, 7) is 2.10. The van der Waals surface area contributed by atoms with Gasteiger partial charge in [0.25, 0.3) is 0 Å². The van der Waals surface area contributed by atoms with Crippen LogP contribution >= 0.6 is 11.8 Å². The topological polar surface area (TPSA) is 76.2 Å². The first-order valence-corrected chi connectivity index (χ1v) is 6.27. The van der Waals surface area contributed by atoms with Crippen LogP contribution in [0.25, 0.3) is 0 Å². The monoisotopic (exact) mass is 242 g/mol. The summed E-state index contributed by atoms with van der Waals surface area (Å²) in [4.78, 5) is 10.4. The van der Waals surface area contributed by atoms with Crippen LogP contribution in [-0.2, 0) is 16.0 Å². The second-order valence-corrected chi connectivity index (χ2v) is 5.68. The fourth-order valence-electron chi connectivity index (χ4n) is 1.73. The first-order valence-electron chi connectivity index (χ1n) is 5.29. The van der Waals surface area contributed by atoms with Gasteiger partial charge in [0.1, 0.15) is 0 Å². The number of aromatic nitrogens is 2. The Hall–Kier alpha value is -1.04. The van der Waals surface area contributed by atoms with E-state index in [0.717, 1.165) is 18.6 Å². The molecule has 88 valence electrons. The van der Waals surface area contributed by atoms with E-state index < -0.39 is 5.97 Å². The van der Waals surface area contributed by atoms with Gasteiger partial charge in [0, 0.05) is 6.42 Å². The molecule has 16 heavy (non-hydrogen) atoms. The minimum atomic E-state index is -0.846. The molecular weight excluding hydrogens is 228 g/mol. The van der Waals surface area contributed by atoms with E-state index >= 15 is 0 Å². The van der Waals surface area contributed by atoms with Gasteiger partial charge in [-0.1, -0.05) is 0 Å². The van der Waals surface area contributed by atoms with Crippen LogP contribution in [0.2, 0.25) is 0 Å². The molecule has 1 N–H and O–H groups in total. The molecule has 1 aromatic heterocycles. The molecule has 1 aliphatic rings. The molecule has 1 aromatic rings. The van der Waals surface area contributed by atoms with Crippen molar-refractivity contribution < 1.29 is 14.3 Å². The smallest absolute Gasteiger partial charge is 0.303 e. The summed E-state index contributed by atoms with van der Waals surface area (Å²) in [5, 5.41) is 16.5. The van der Waals surface area contributed by atoms with Crippen molar-refractivity contribution in [1.82, 2.24) is 10.2 Å². The van der Waals surface area contributed by atoms with E-state index in [2.05, 4.69) is 17.1 Å². The molecule has 1 unspecified atom stereocenters. The van der Waals surface area contributed by atoms with Crippen LogP contribution in [0.1, 0.15) is 38.0 Å². The summed E-state index contributed by atoms with van der Waals surface area (Å²) in [6.07, 6.45) is 2.54. The molecule has 0 saturated carbocycles. The Labute approximate surface area is 97.6 Å². The van der Waals surface area contributed by atoms with E-state index in [0.29, 0.717) is 18.2 Å². The van der Waals surface area contributed by atoms with Crippen LogP contribution in [0.15, 0.2) is 4.42 Å². The third-order valence-corrected chi connectivity index (χ3v) is 4.20. The first kappa shape index (κ1) is 11.4. The fourth-order valence-corrected chi connectivity index (χ4v) is 2.96. The van der Waals surface area contributed by atoms with Gasteiger partial charge in [0.15, 0.2) is 0 Å². The Morgan fingerprint density at radius 2 is 2.44 bits per heavy atom. The molecule has 1 aliphatic heterocycles. The van der Waals surface area contributed by atoms with E-state index in [1.54, 1.807) is 0 Å². The molecule has 1 fully saturated rings. The summed E-state index contributed by atoms with van der Waals surface area (Å²) in [5.74, 6) is 1.33. The number of aryl methyl sites for hydroxylation is 1. The number of carbonyl (C=O) groups is 1. The molecule has 2 heterocycles. The lowest BCUT2D eigenvalue weighted by atomic mass is 10.1. The zero-order chi connectivity index (χ0) is 11.6. The molecule has 2 rings (SSSR count). The van der Waals surface area contributed by atoms with E-state index in [1.807, 2.05) is 11.8 Å². The van der Waals surface area contributed by atoms with Crippen LogP contribution < -0.4 is 0 Å². The van der Waals surface area contributed by atoms with Crippen LogP contribution in [-0.4, -0.2) is 27.0 Å². The average Bonchev–Trinajstić information content (AvgIpc) is 2.84. The maximum atomic E-state index is 10.4. The van der Waals surface area contributed by atoms with Gasteiger partial charge in [0.05, 0.1) is 11.2 Å². The molecule has 0 spiro atoms. The Kier molecular flexibility index (Phi) is 3.18. The van der Waals surface area contributed by atoms with Crippen molar-refractivity contribution in [3.8, 4) is 0 Å². The minimum absolute atomic E-state index is 0.0332. The second-order valence-electron chi connectivity index (χ2n) is 4.08. The van der Waals surface area contributed by atoms with Gasteiger partial charge >= 0.3 is 5.97 Å². The molecule has 1 atom stereocenters. The van der Waals surface area contributed by atoms with Crippen molar-refractivity contribution in [2.75, 3.05) is 5.75 Å². The van der Waals surface area contributed by atoms with E-state index in [4.69, 9.17) is 9.52 Å². The van der Waals surface area contributed by atoms with Crippen molar-refractivity contribution in [1.29, 1.82) is 0 Å². The normalized spacial score (nSPS) is 24.8. The highest BCUT2D eigenvalue weighted by Gasteiger charge is 2.36. The van der Waals surface area contributed by atoms with Crippen molar-refractivity contribution in [2.45, 2.75) is 37.4 Å². The number of carboxylic acid groups (broad SMARTS) is 1. The Bertz CT molecular complexity index is 385. The van der Waals surface area contributed by atoms with Crippen molar-refractivity contribution in [3.05, 3.63) is 11.8 Å². The zero-order valence-electron chi connectivity index (χ0n) is 9.10. The van der Waals surface area contributed by atoms with Gasteiger partial charge in [-0.2, -0.15) is 0 Å². The maximum absolute atomic E-state index is 10.4. The molecule has 0 aromatic carbocycles. The van der Waals surface area contributed by atoms with Crippen molar-refractivity contribution >= 4 is 17.7 Å². The maximum Gasteiger partial charge on any atom is 0.303 e. The third-order valence-electron chi connectivity index (χ3n) is 2.69. The van der Waals surface area contributed by atoms with Crippen LogP contribution in [0.3, 0.4) is 0 Å². The molecule has 0 radical (unpaired) electrons.